The van der Waals surface area contributed by atoms with Crippen LogP contribution in [0.15, 0.2) is 47.4 Å². The highest BCUT2D eigenvalue weighted by Gasteiger charge is 2.44. The largest absolute Gasteiger partial charge is 0.492 e. The Morgan fingerprint density at radius 3 is 2.49 bits per heavy atom. The summed E-state index contributed by atoms with van der Waals surface area (Å²) in [5, 5.41) is 17.1. The molecule has 0 bridgehead atoms. The molecular formula is C35H49N3O12S. The number of fused-ring (bicyclic) bond motifs is 2. The second-order valence-corrected chi connectivity index (χ2v) is 16.1. The fourth-order valence-electron chi connectivity index (χ4n) is 5.97. The van der Waals surface area contributed by atoms with Crippen molar-refractivity contribution in [3.05, 3.63) is 48.0 Å². The lowest BCUT2D eigenvalue weighted by atomic mass is 10.0. The molecule has 0 spiro atoms. The lowest BCUT2D eigenvalue weighted by Gasteiger charge is -2.31. The van der Waals surface area contributed by atoms with Gasteiger partial charge < -0.3 is 48.9 Å². The topological polar surface area (TPSA) is 180 Å². The normalized spacial score (nSPS) is 20.9. The molecule has 0 saturated carbocycles. The molecule has 3 N–H and O–H groups in total. The highest BCUT2D eigenvalue weighted by atomic mass is 32.2. The summed E-state index contributed by atoms with van der Waals surface area (Å²) in [5.74, 6) is 1.15. The van der Waals surface area contributed by atoms with Gasteiger partial charge in [-0.1, -0.05) is 26.0 Å². The van der Waals surface area contributed by atoms with Crippen LogP contribution in [0, 0.1) is 11.8 Å². The zero-order valence-corrected chi connectivity index (χ0v) is 30.5. The maximum Gasteiger partial charge on any atom is 0.407 e. The third kappa shape index (κ3) is 10.6. The number of hydrogen-bond donors (Lipinski definition) is 3. The lowest BCUT2D eigenvalue weighted by molar-refractivity contribution is -0.0907. The summed E-state index contributed by atoms with van der Waals surface area (Å²) in [6, 6.07) is 10.5. The SMILES string of the molecule is CC(C)CN(CC(O)C(Cc1ccc(OCCNC(=O)OC(C)(C)C)cc1)NC(=O)OC1COC2OCCC12)S(=O)(=O)c1ccc2c(c1)OCO2. The van der Waals surface area contributed by atoms with Crippen molar-refractivity contribution in [2.24, 2.45) is 11.8 Å². The molecule has 3 aliphatic rings. The summed E-state index contributed by atoms with van der Waals surface area (Å²) in [5.41, 5.74) is 0.131. The van der Waals surface area contributed by atoms with Crippen molar-refractivity contribution < 1.29 is 56.3 Å². The number of carbonyl (C=O) groups is 2. The number of aliphatic hydroxyl groups excluding tert-OH is 1. The monoisotopic (exact) mass is 735 g/mol. The number of carbonyl (C=O) groups excluding carboxylic acids is 2. The molecule has 2 saturated heterocycles. The minimum absolute atomic E-state index is 0.00345. The van der Waals surface area contributed by atoms with Crippen LogP contribution < -0.4 is 24.8 Å². The third-order valence-corrected chi connectivity index (χ3v) is 10.2. The third-order valence-electron chi connectivity index (χ3n) is 8.37. The average molecular weight is 736 g/mol. The van der Waals surface area contributed by atoms with E-state index in [2.05, 4.69) is 10.6 Å². The van der Waals surface area contributed by atoms with E-state index in [4.69, 9.17) is 33.2 Å². The Labute approximate surface area is 298 Å². The Kier molecular flexibility index (Phi) is 12.6. The highest BCUT2D eigenvalue weighted by Crippen LogP contribution is 2.35. The number of aliphatic hydroxyl groups is 1. The maximum absolute atomic E-state index is 13.9. The van der Waals surface area contributed by atoms with Crippen molar-refractivity contribution in [2.75, 3.05) is 46.2 Å². The Balaban J connectivity index is 1.27. The van der Waals surface area contributed by atoms with Crippen LogP contribution in [-0.4, -0.2) is 106 Å². The van der Waals surface area contributed by atoms with E-state index in [9.17, 15) is 23.1 Å². The van der Waals surface area contributed by atoms with E-state index >= 15 is 0 Å². The van der Waals surface area contributed by atoms with E-state index < -0.39 is 52.4 Å². The van der Waals surface area contributed by atoms with E-state index in [0.717, 1.165) is 5.56 Å². The molecule has 2 aromatic rings. The van der Waals surface area contributed by atoms with Crippen LogP contribution in [0.3, 0.4) is 0 Å². The fraction of sp³-hybridized carbons (Fsp3) is 0.600. The summed E-state index contributed by atoms with van der Waals surface area (Å²) in [6.07, 6.45) is -2.72. The second-order valence-electron chi connectivity index (χ2n) is 14.1. The van der Waals surface area contributed by atoms with Gasteiger partial charge in [-0.2, -0.15) is 4.31 Å². The summed E-state index contributed by atoms with van der Waals surface area (Å²) in [6.45, 7) is 10.0. The number of alkyl carbamates (subject to hydrolysis) is 2. The molecule has 2 fully saturated rings. The Morgan fingerprint density at radius 2 is 1.76 bits per heavy atom. The van der Waals surface area contributed by atoms with Crippen molar-refractivity contribution in [3.63, 3.8) is 0 Å². The molecule has 282 valence electrons. The van der Waals surface area contributed by atoms with Gasteiger partial charge in [-0.15, -0.1) is 0 Å². The van der Waals surface area contributed by atoms with E-state index in [1.54, 1.807) is 45.0 Å². The molecule has 2 aromatic carbocycles. The van der Waals surface area contributed by atoms with E-state index in [-0.39, 0.29) is 62.8 Å². The molecule has 5 atom stereocenters. The molecule has 2 amide bonds. The van der Waals surface area contributed by atoms with Gasteiger partial charge in [0.05, 0.1) is 42.7 Å². The van der Waals surface area contributed by atoms with Gasteiger partial charge in [0.2, 0.25) is 16.8 Å². The van der Waals surface area contributed by atoms with Crippen molar-refractivity contribution >= 4 is 22.2 Å². The molecule has 16 heteroatoms. The standard InChI is InChI=1S/C35H49N3O12S/c1-22(2)18-38(51(42,43)25-10-11-29-30(17-25)48-21-47-29)19-28(39)27(37-34(41)49-31-20-46-32-26(31)12-14-45-32)16-23-6-8-24(9-7-23)44-15-13-36-33(40)50-35(3,4)5/h6-11,17,22,26-28,31-32,39H,12-16,18-21H2,1-5H3,(H,36,40)(H,37,41). The summed E-state index contributed by atoms with van der Waals surface area (Å²) in [7, 11) is -4.09. The van der Waals surface area contributed by atoms with Gasteiger partial charge in [0, 0.05) is 19.2 Å². The van der Waals surface area contributed by atoms with E-state index in [1.165, 1.54) is 22.5 Å². The van der Waals surface area contributed by atoms with Gasteiger partial charge >= 0.3 is 12.2 Å². The lowest BCUT2D eigenvalue weighted by Crippen LogP contribution is -2.51. The number of rotatable bonds is 15. The molecule has 0 aliphatic carbocycles. The van der Waals surface area contributed by atoms with Crippen LogP contribution in [0.4, 0.5) is 9.59 Å². The number of ether oxygens (including phenoxy) is 7. The Morgan fingerprint density at radius 1 is 1.02 bits per heavy atom. The zero-order chi connectivity index (χ0) is 36.8. The van der Waals surface area contributed by atoms with Crippen molar-refractivity contribution in [3.8, 4) is 17.2 Å². The van der Waals surface area contributed by atoms with E-state index in [1.807, 2.05) is 13.8 Å². The van der Waals surface area contributed by atoms with Crippen LogP contribution in [0.5, 0.6) is 17.2 Å². The van der Waals surface area contributed by atoms with Crippen LogP contribution in [0.2, 0.25) is 0 Å². The van der Waals surface area contributed by atoms with Crippen molar-refractivity contribution in [2.45, 2.75) is 82.5 Å². The van der Waals surface area contributed by atoms with Gasteiger partial charge in [0.15, 0.2) is 17.8 Å². The van der Waals surface area contributed by atoms with Gasteiger partial charge in [0.25, 0.3) is 0 Å². The molecule has 0 aromatic heterocycles. The van der Waals surface area contributed by atoms with Crippen molar-refractivity contribution in [1.29, 1.82) is 0 Å². The van der Waals surface area contributed by atoms with Gasteiger partial charge in [0.1, 0.15) is 24.1 Å². The first-order valence-corrected chi connectivity index (χ1v) is 18.6. The Hall–Kier alpha value is -3.83. The number of nitrogens with zero attached hydrogens (tertiary/aromatic N) is 1. The Bertz CT molecular complexity index is 1600. The van der Waals surface area contributed by atoms with Gasteiger partial charge in [-0.25, -0.2) is 18.0 Å². The summed E-state index contributed by atoms with van der Waals surface area (Å²) < 4.78 is 67.6. The number of benzene rings is 2. The smallest absolute Gasteiger partial charge is 0.407 e. The number of sulfonamides is 1. The molecule has 0 radical (unpaired) electrons. The first-order valence-electron chi connectivity index (χ1n) is 17.1. The van der Waals surface area contributed by atoms with Gasteiger partial charge in [-0.3, -0.25) is 0 Å². The minimum atomic E-state index is -4.09. The van der Waals surface area contributed by atoms with E-state index in [0.29, 0.717) is 30.3 Å². The molecule has 15 nitrogen and oxygen atoms in total. The molecule has 3 heterocycles. The molecule has 51 heavy (non-hydrogen) atoms. The van der Waals surface area contributed by atoms with Crippen molar-refractivity contribution in [1.82, 2.24) is 14.9 Å². The number of nitrogens with one attached hydrogen (secondary N) is 2. The molecule has 5 rings (SSSR count). The van der Waals surface area contributed by atoms with Gasteiger partial charge in [-0.05, 0) is 69.4 Å². The summed E-state index contributed by atoms with van der Waals surface area (Å²) in [4.78, 5) is 25.1. The van der Waals surface area contributed by atoms with Crippen LogP contribution in [0.1, 0.15) is 46.6 Å². The molecule has 5 unspecified atom stereocenters. The second kappa shape index (κ2) is 16.7. The number of amides is 2. The maximum atomic E-state index is 13.9. The molecular weight excluding hydrogens is 686 g/mol. The zero-order valence-electron chi connectivity index (χ0n) is 29.7. The number of hydrogen-bond acceptors (Lipinski definition) is 12. The predicted octanol–water partition coefficient (Wildman–Crippen LogP) is 3.43. The fourth-order valence-corrected chi connectivity index (χ4v) is 7.60. The van der Waals surface area contributed by atoms with Crippen LogP contribution in [-0.2, 0) is 35.4 Å². The van der Waals surface area contributed by atoms with Crippen LogP contribution >= 0.6 is 0 Å². The quantitative estimate of drug-likeness (QED) is 0.227. The minimum Gasteiger partial charge on any atom is -0.492 e. The highest BCUT2D eigenvalue weighted by molar-refractivity contribution is 7.89. The summed E-state index contributed by atoms with van der Waals surface area (Å²) >= 11 is 0. The first-order chi connectivity index (χ1) is 24.2. The van der Waals surface area contributed by atoms with Crippen LogP contribution in [0.25, 0.3) is 0 Å². The average Bonchev–Trinajstić information content (AvgIpc) is 3.81. The predicted molar refractivity (Wildman–Crippen MR) is 183 cm³/mol. The first kappa shape index (κ1) is 38.4. The molecule has 3 aliphatic heterocycles.